The van der Waals surface area contributed by atoms with Crippen LogP contribution in [0.5, 0.6) is 0 Å². The van der Waals surface area contributed by atoms with Crippen LogP contribution in [-0.4, -0.2) is 35.0 Å². The zero-order chi connectivity index (χ0) is 14.4. The van der Waals surface area contributed by atoms with Gasteiger partial charge in [0.1, 0.15) is 6.04 Å². The third kappa shape index (κ3) is 4.51. The molecule has 1 rings (SSSR count). The van der Waals surface area contributed by atoms with Crippen LogP contribution >= 0.6 is 0 Å². The SMILES string of the molecule is CCCCC1CCC(C(=O)N(C)C(C)C(=O)O)CC1. The average Bonchev–Trinajstić information content (AvgIpc) is 2.43. The molecule has 1 N–H and O–H groups in total. The predicted octanol–water partition coefficient (Wildman–Crippen LogP) is 2.91. The summed E-state index contributed by atoms with van der Waals surface area (Å²) in [4.78, 5) is 24.5. The van der Waals surface area contributed by atoms with Crippen molar-refractivity contribution in [2.45, 2.75) is 64.8 Å². The van der Waals surface area contributed by atoms with Crippen molar-refractivity contribution in [2.24, 2.45) is 11.8 Å². The second-order valence-electron chi connectivity index (χ2n) is 5.82. The second kappa shape index (κ2) is 7.51. The first-order chi connectivity index (χ1) is 8.97. The van der Waals surface area contributed by atoms with Crippen molar-refractivity contribution >= 4 is 11.9 Å². The van der Waals surface area contributed by atoms with Gasteiger partial charge in [-0.15, -0.1) is 0 Å². The van der Waals surface area contributed by atoms with E-state index in [0.717, 1.165) is 31.6 Å². The van der Waals surface area contributed by atoms with Crippen LogP contribution in [-0.2, 0) is 9.59 Å². The Labute approximate surface area is 116 Å². The van der Waals surface area contributed by atoms with Gasteiger partial charge >= 0.3 is 5.97 Å². The highest BCUT2D eigenvalue weighted by Gasteiger charge is 2.31. The largest absolute Gasteiger partial charge is 0.480 e. The number of aliphatic carboxylic acids is 1. The molecule has 19 heavy (non-hydrogen) atoms. The predicted molar refractivity (Wildman–Crippen MR) is 74.8 cm³/mol. The van der Waals surface area contributed by atoms with E-state index >= 15 is 0 Å². The summed E-state index contributed by atoms with van der Waals surface area (Å²) in [5.74, 6) is -0.132. The van der Waals surface area contributed by atoms with E-state index in [4.69, 9.17) is 5.11 Å². The van der Waals surface area contributed by atoms with E-state index in [1.165, 1.54) is 24.2 Å². The molecule has 1 unspecified atom stereocenters. The fourth-order valence-electron chi connectivity index (χ4n) is 2.84. The molecule has 0 aromatic carbocycles. The number of carbonyl (C=O) groups is 2. The minimum Gasteiger partial charge on any atom is -0.480 e. The summed E-state index contributed by atoms with van der Waals surface area (Å²) in [6, 6.07) is -0.731. The lowest BCUT2D eigenvalue weighted by atomic mass is 9.79. The molecule has 110 valence electrons. The van der Waals surface area contributed by atoms with E-state index < -0.39 is 12.0 Å². The van der Waals surface area contributed by atoms with Gasteiger partial charge in [0.15, 0.2) is 0 Å². The number of carbonyl (C=O) groups excluding carboxylic acids is 1. The van der Waals surface area contributed by atoms with Crippen LogP contribution in [0.25, 0.3) is 0 Å². The van der Waals surface area contributed by atoms with Crippen LogP contribution in [0.15, 0.2) is 0 Å². The van der Waals surface area contributed by atoms with Crippen molar-refractivity contribution in [3.63, 3.8) is 0 Å². The standard InChI is InChI=1S/C15H27NO3/c1-4-5-6-12-7-9-13(10-8-12)14(17)16(3)11(2)15(18)19/h11-13H,4-10H2,1-3H3,(H,18,19). The van der Waals surface area contributed by atoms with Crippen molar-refractivity contribution in [3.8, 4) is 0 Å². The fraction of sp³-hybridized carbons (Fsp3) is 0.867. The van der Waals surface area contributed by atoms with Gasteiger partial charge in [-0.05, 0) is 38.5 Å². The van der Waals surface area contributed by atoms with Crippen LogP contribution in [0.2, 0.25) is 0 Å². The average molecular weight is 269 g/mol. The molecule has 0 spiro atoms. The van der Waals surface area contributed by atoms with Gasteiger partial charge in [-0.2, -0.15) is 0 Å². The molecule has 0 aromatic heterocycles. The third-order valence-electron chi connectivity index (χ3n) is 4.45. The molecule has 0 aromatic rings. The number of rotatable bonds is 6. The second-order valence-corrected chi connectivity index (χ2v) is 5.82. The van der Waals surface area contributed by atoms with Crippen molar-refractivity contribution in [1.82, 2.24) is 4.90 Å². The van der Waals surface area contributed by atoms with Gasteiger partial charge in [-0.1, -0.05) is 26.2 Å². The Hall–Kier alpha value is -1.06. The molecule has 1 aliphatic carbocycles. The number of unbranched alkanes of at least 4 members (excludes halogenated alkanes) is 1. The van der Waals surface area contributed by atoms with Crippen molar-refractivity contribution in [3.05, 3.63) is 0 Å². The third-order valence-corrected chi connectivity index (χ3v) is 4.45. The fourth-order valence-corrected chi connectivity index (χ4v) is 2.84. The molecule has 0 heterocycles. The summed E-state index contributed by atoms with van der Waals surface area (Å²) in [6.45, 7) is 3.77. The first-order valence-electron chi connectivity index (χ1n) is 7.46. The molecule has 1 saturated carbocycles. The molecule has 0 aliphatic heterocycles. The number of carboxylic acids is 1. The number of likely N-dealkylation sites (N-methyl/N-ethyl adjacent to an activating group) is 1. The molecule has 4 heteroatoms. The van der Waals surface area contributed by atoms with Gasteiger partial charge in [0, 0.05) is 13.0 Å². The number of hydrogen-bond acceptors (Lipinski definition) is 2. The summed E-state index contributed by atoms with van der Waals surface area (Å²) < 4.78 is 0. The van der Waals surface area contributed by atoms with E-state index in [2.05, 4.69) is 6.92 Å². The summed E-state index contributed by atoms with van der Waals surface area (Å²) in [5, 5.41) is 8.94. The Morgan fingerprint density at radius 2 is 1.84 bits per heavy atom. The van der Waals surface area contributed by atoms with E-state index in [-0.39, 0.29) is 11.8 Å². The lowest BCUT2D eigenvalue weighted by Crippen LogP contribution is -2.44. The van der Waals surface area contributed by atoms with Crippen LogP contribution < -0.4 is 0 Å². The Bertz CT molecular complexity index is 309. The Morgan fingerprint density at radius 3 is 2.32 bits per heavy atom. The highest BCUT2D eigenvalue weighted by Crippen LogP contribution is 2.32. The van der Waals surface area contributed by atoms with Gasteiger partial charge in [0.05, 0.1) is 0 Å². The Kier molecular flexibility index (Phi) is 6.32. The molecule has 1 fully saturated rings. The maximum Gasteiger partial charge on any atom is 0.326 e. The monoisotopic (exact) mass is 269 g/mol. The summed E-state index contributed by atoms with van der Waals surface area (Å²) in [5.41, 5.74) is 0. The van der Waals surface area contributed by atoms with Crippen molar-refractivity contribution < 1.29 is 14.7 Å². The lowest BCUT2D eigenvalue weighted by molar-refractivity contribution is -0.150. The molecule has 0 saturated heterocycles. The van der Waals surface area contributed by atoms with E-state index in [1.807, 2.05) is 0 Å². The maximum absolute atomic E-state index is 12.2. The minimum absolute atomic E-state index is 0.00356. The molecule has 1 atom stereocenters. The van der Waals surface area contributed by atoms with E-state index in [0.29, 0.717) is 0 Å². The summed E-state index contributed by atoms with van der Waals surface area (Å²) in [7, 11) is 1.60. The van der Waals surface area contributed by atoms with Crippen LogP contribution in [0.1, 0.15) is 58.8 Å². The topological polar surface area (TPSA) is 57.6 Å². The van der Waals surface area contributed by atoms with Crippen LogP contribution in [0.3, 0.4) is 0 Å². The zero-order valence-corrected chi connectivity index (χ0v) is 12.4. The maximum atomic E-state index is 12.2. The summed E-state index contributed by atoms with van der Waals surface area (Å²) in [6.07, 6.45) is 7.86. The van der Waals surface area contributed by atoms with Crippen LogP contribution in [0, 0.1) is 11.8 Å². The van der Waals surface area contributed by atoms with Gasteiger partial charge in [-0.3, -0.25) is 4.79 Å². The normalized spacial score (nSPS) is 24.8. The first-order valence-corrected chi connectivity index (χ1v) is 7.46. The van der Waals surface area contributed by atoms with Crippen LogP contribution in [0.4, 0.5) is 0 Å². The Balaban J connectivity index is 2.42. The van der Waals surface area contributed by atoms with Gasteiger partial charge in [0.25, 0.3) is 0 Å². The molecule has 4 nitrogen and oxygen atoms in total. The van der Waals surface area contributed by atoms with Gasteiger partial charge in [-0.25, -0.2) is 4.79 Å². The molecule has 1 amide bonds. The number of nitrogens with zero attached hydrogens (tertiary/aromatic N) is 1. The molecular formula is C15H27NO3. The van der Waals surface area contributed by atoms with Crippen molar-refractivity contribution in [1.29, 1.82) is 0 Å². The zero-order valence-electron chi connectivity index (χ0n) is 12.4. The smallest absolute Gasteiger partial charge is 0.326 e. The van der Waals surface area contributed by atoms with E-state index in [9.17, 15) is 9.59 Å². The molecule has 1 aliphatic rings. The lowest BCUT2D eigenvalue weighted by Gasteiger charge is -2.32. The van der Waals surface area contributed by atoms with Crippen molar-refractivity contribution in [2.75, 3.05) is 7.05 Å². The first kappa shape index (κ1) is 16.0. The number of amides is 1. The van der Waals surface area contributed by atoms with Gasteiger partial charge < -0.3 is 10.0 Å². The molecule has 0 radical (unpaired) electrons. The molecule has 0 bridgehead atoms. The molecular weight excluding hydrogens is 242 g/mol. The quantitative estimate of drug-likeness (QED) is 0.806. The minimum atomic E-state index is -0.938. The Morgan fingerprint density at radius 1 is 1.26 bits per heavy atom. The van der Waals surface area contributed by atoms with Gasteiger partial charge in [0.2, 0.25) is 5.91 Å². The summed E-state index contributed by atoms with van der Waals surface area (Å²) >= 11 is 0. The highest BCUT2D eigenvalue weighted by molar-refractivity contribution is 5.84. The number of hydrogen-bond donors (Lipinski definition) is 1. The van der Waals surface area contributed by atoms with E-state index in [1.54, 1.807) is 14.0 Å². The number of carboxylic acid groups (broad SMARTS) is 1. The highest BCUT2D eigenvalue weighted by atomic mass is 16.4.